The Balaban J connectivity index is 1.36. The highest BCUT2D eigenvalue weighted by Gasteiger charge is 2.27. The fourth-order valence-corrected chi connectivity index (χ4v) is 3.73. The standard InChI is InChI=1S/C30H22N2O4/c1-20-12-14-21(15-13-20)26(33)27(22-8-4-2-5-9-22)35-30(34)25-18-16-24(17-19-25)29-32-31-28(36-29)23-10-6-3-7-11-23/h2-19,27H,1H3. The minimum Gasteiger partial charge on any atom is -0.445 e. The van der Waals surface area contributed by atoms with Crippen LogP contribution in [-0.2, 0) is 4.74 Å². The van der Waals surface area contributed by atoms with Gasteiger partial charge in [-0.3, -0.25) is 4.79 Å². The van der Waals surface area contributed by atoms with Crippen LogP contribution >= 0.6 is 0 Å². The van der Waals surface area contributed by atoms with E-state index in [2.05, 4.69) is 10.2 Å². The molecule has 0 bridgehead atoms. The van der Waals surface area contributed by atoms with Gasteiger partial charge in [-0.2, -0.15) is 0 Å². The van der Waals surface area contributed by atoms with Gasteiger partial charge < -0.3 is 9.15 Å². The van der Waals surface area contributed by atoms with E-state index >= 15 is 0 Å². The van der Waals surface area contributed by atoms with Crippen molar-refractivity contribution in [3.63, 3.8) is 0 Å². The van der Waals surface area contributed by atoms with Crippen LogP contribution in [0.25, 0.3) is 22.9 Å². The number of ether oxygens (including phenoxy) is 1. The molecular formula is C30H22N2O4. The minimum absolute atomic E-state index is 0.287. The molecule has 0 N–H and O–H groups in total. The van der Waals surface area contributed by atoms with Gasteiger partial charge in [0.2, 0.25) is 17.6 Å². The predicted octanol–water partition coefficient (Wildman–Crippen LogP) is 6.49. The fraction of sp³-hybridized carbons (Fsp3) is 0.0667. The molecule has 0 spiro atoms. The Morgan fingerprint density at radius 1 is 0.667 bits per heavy atom. The molecule has 5 aromatic rings. The van der Waals surface area contributed by atoms with Gasteiger partial charge in [0, 0.05) is 22.3 Å². The van der Waals surface area contributed by atoms with Gasteiger partial charge in [0.1, 0.15) is 0 Å². The summed E-state index contributed by atoms with van der Waals surface area (Å²) in [6.07, 6.45) is -1.06. The van der Waals surface area contributed by atoms with E-state index in [1.54, 1.807) is 48.5 Å². The molecule has 36 heavy (non-hydrogen) atoms. The van der Waals surface area contributed by atoms with Gasteiger partial charge in [-0.25, -0.2) is 4.79 Å². The number of aryl methyl sites for hydroxylation is 1. The molecule has 0 radical (unpaired) electrons. The number of hydrogen-bond donors (Lipinski definition) is 0. The third-order valence-corrected chi connectivity index (χ3v) is 5.71. The van der Waals surface area contributed by atoms with E-state index in [1.165, 1.54) is 0 Å². The van der Waals surface area contributed by atoms with Crippen molar-refractivity contribution in [2.75, 3.05) is 0 Å². The zero-order valence-corrected chi connectivity index (χ0v) is 19.5. The Morgan fingerprint density at radius 2 is 1.19 bits per heavy atom. The molecular weight excluding hydrogens is 452 g/mol. The zero-order chi connectivity index (χ0) is 24.9. The Labute approximate surface area is 208 Å². The number of benzene rings is 4. The molecule has 1 aromatic heterocycles. The van der Waals surface area contributed by atoms with Crippen molar-refractivity contribution in [2.45, 2.75) is 13.0 Å². The number of esters is 1. The maximum Gasteiger partial charge on any atom is 0.339 e. The molecule has 5 rings (SSSR count). The quantitative estimate of drug-likeness (QED) is 0.198. The van der Waals surface area contributed by atoms with Crippen LogP contribution in [0.1, 0.15) is 37.9 Å². The third kappa shape index (κ3) is 4.98. The van der Waals surface area contributed by atoms with Gasteiger partial charge in [-0.05, 0) is 43.3 Å². The first-order chi connectivity index (χ1) is 17.6. The second-order valence-electron chi connectivity index (χ2n) is 8.28. The number of rotatable bonds is 7. The highest BCUT2D eigenvalue weighted by atomic mass is 16.5. The number of carbonyl (C=O) groups is 2. The topological polar surface area (TPSA) is 82.3 Å². The Bertz CT molecular complexity index is 1480. The lowest BCUT2D eigenvalue weighted by Crippen LogP contribution is -2.20. The van der Waals surface area contributed by atoms with E-state index in [9.17, 15) is 9.59 Å². The number of nitrogens with zero attached hydrogens (tertiary/aromatic N) is 2. The lowest BCUT2D eigenvalue weighted by Gasteiger charge is -2.18. The summed E-state index contributed by atoms with van der Waals surface area (Å²) < 4.78 is 11.5. The van der Waals surface area contributed by atoms with E-state index < -0.39 is 12.1 Å². The average Bonchev–Trinajstić information content (AvgIpc) is 3.43. The third-order valence-electron chi connectivity index (χ3n) is 5.71. The summed E-state index contributed by atoms with van der Waals surface area (Å²) in [5.74, 6) is -0.142. The average molecular weight is 475 g/mol. The molecule has 0 aliphatic heterocycles. The summed E-state index contributed by atoms with van der Waals surface area (Å²) in [6, 6.07) is 32.3. The molecule has 0 saturated carbocycles. The van der Waals surface area contributed by atoms with Crippen LogP contribution in [0.15, 0.2) is 114 Å². The highest BCUT2D eigenvalue weighted by molar-refractivity contribution is 6.02. The van der Waals surface area contributed by atoms with E-state index in [0.29, 0.717) is 34.0 Å². The first kappa shape index (κ1) is 22.9. The Hall–Kier alpha value is -4.84. The van der Waals surface area contributed by atoms with Gasteiger partial charge in [0.15, 0.2) is 6.10 Å². The second-order valence-corrected chi connectivity index (χ2v) is 8.28. The normalized spacial score (nSPS) is 11.6. The fourth-order valence-electron chi connectivity index (χ4n) is 3.73. The van der Waals surface area contributed by atoms with Crippen LogP contribution in [-0.4, -0.2) is 21.9 Å². The predicted molar refractivity (Wildman–Crippen MR) is 135 cm³/mol. The van der Waals surface area contributed by atoms with E-state index in [4.69, 9.17) is 9.15 Å². The molecule has 1 unspecified atom stereocenters. The van der Waals surface area contributed by atoms with Gasteiger partial charge in [-0.15, -0.1) is 10.2 Å². The van der Waals surface area contributed by atoms with E-state index in [1.807, 2.05) is 67.6 Å². The van der Waals surface area contributed by atoms with Crippen LogP contribution in [0.4, 0.5) is 0 Å². The number of ketones is 1. The molecule has 1 heterocycles. The summed E-state index contributed by atoms with van der Waals surface area (Å²) in [6.45, 7) is 1.95. The van der Waals surface area contributed by atoms with E-state index in [-0.39, 0.29) is 5.78 Å². The van der Waals surface area contributed by atoms with Crippen LogP contribution in [0, 0.1) is 6.92 Å². The van der Waals surface area contributed by atoms with Gasteiger partial charge >= 0.3 is 5.97 Å². The number of carbonyl (C=O) groups excluding carboxylic acids is 2. The first-order valence-electron chi connectivity index (χ1n) is 11.4. The van der Waals surface area contributed by atoms with Crippen molar-refractivity contribution in [3.05, 3.63) is 131 Å². The van der Waals surface area contributed by atoms with Gasteiger partial charge in [0.05, 0.1) is 5.56 Å². The van der Waals surface area contributed by atoms with Crippen molar-refractivity contribution in [2.24, 2.45) is 0 Å². The highest BCUT2D eigenvalue weighted by Crippen LogP contribution is 2.26. The maximum atomic E-state index is 13.3. The number of hydrogen-bond acceptors (Lipinski definition) is 6. The van der Waals surface area contributed by atoms with Crippen molar-refractivity contribution in [1.82, 2.24) is 10.2 Å². The molecule has 0 aliphatic carbocycles. The van der Waals surface area contributed by atoms with Crippen LogP contribution in [0.5, 0.6) is 0 Å². The molecule has 0 amide bonds. The minimum atomic E-state index is -1.06. The number of aromatic nitrogens is 2. The molecule has 176 valence electrons. The van der Waals surface area contributed by atoms with Crippen molar-refractivity contribution in [3.8, 4) is 22.9 Å². The summed E-state index contributed by atoms with van der Waals surface area (Å²) in [4.78, 5) is 26.3. The van der Waals surface area contributed by atoms with Gasteiger partial charge in [0.25, 0.3) is 0 Å². The second kappa shape index (κ2) is 10.2. The number of Topliss-reactive ketones (excluding diaryl/α,β-unsaturated/α-hetero) is 1. The van der Waals surface area contributed by atoms with Crippen molar-refractivity contribution in [1.29, 1.82) is 0 Å². The molecule has 0 saturated heterocycles. The first-order valence-corrected chi connectivity index (χ1v) is 11.4. The summed E-state index contributed by atoms with van der Waals surface area (Å²) in [7, 11) is 0. The SMILES string of the molecule is Cc1ccc(C(=O)C(OC(=O)c2ccc(-c3nnc(-c4ccccc4)o3)cc2)c2ccccc2)cc1. The molecule has 0 fully saturated rings. The van der Waals surface area contributed by atoms with Crippen LogP contribution in [0.2, 0.25) is 0 Å². The maximum absolute atomic E-state index is 13.3. The lowest BCUT2D eigenvalue weighted by atomic mass is 9.99. The molecule has 6 nitrogen and oxygen atoms in total. The molecule has 0 aliphatic rings. The zero-order valence-electron chi connectivity index (χ0n) is 19.5. The molecule has 4 aromatic carbocycles. The molecule has 6 heteroatoms. The summed E-state index contributed by atoms with van der Waals surface area (Å²) in [5.41, 5.74) is 3.91. The Morgan fingerprint density at radius 3 is 1.81 bits per heavy atom. The van der Waals surface area contributed by atoms with E-state index in [0.717, 1.165) is 11.1 Å². The Kier molecular flexibility index (Phi) is 6.49. The van der Waals surface area contributed by atoms with Crippen LogP contribution in [0.3, 0.4) is 0 Å². The molecule has 1 atom stereocenters. The smallest absolute Gasteiger partial charge is 0.339 e. The lowest BCUT2D eigenvalue weighted by molar-refractivity contribution is 0.0280. The summed E-state index contributed by atoms with van der Waals surface area (Å²) >= 11 is 0. The van der Waals surface area contributed by atoms with Crippen LogP contribution < -0.4 is 0 Å². The largest absolute Gasteiger partial charge is 0.445 e. The summed E-state index contributed by atoms with van der Waals surface area (Å²) in [5, 5.41) is 8.21. The van der Waals surface area contributed by atoms with Crippen molar-refractivity contribution < 1.29 is 18.7 Å². The van der Waals surface area contributed by atoms with Crippen molar-refractivity contribution >= 4 is 11.8 Å². The monoisotopic (exact) mass is 474 g/mol. The van der Waals surface area contributed by atoms with Gasteiger partial charge in [-0.1, -0.05) is 78.4 Å².